The number of benzene rings is 1. The first kappa shape index (κ1) is 35.0. The Kier molecular flexibility index (Phi) is 16.1. The molecule has 2 aromatic rings. The van der Waals surface area contributed by atoms with Crippen molar-refractivity contribution in [2.75, 3.05) is 38.3 Å². The lowest BCUT2D eigenvalue weighted by molar-refractivity contribution is -0.137. The van der Waals surface area contributed by atoms with Gasteiger partial charge in [-0.3, -0.25) is 4.68 Å². The normalized spacial score (nSPS) is 13.0. The zero-order valence-electron chi connectivity index (χ0n) is 24.6. The molecule has 0 bridgehead atoms. The van der Waals surface area contributed by atoms with Crippen LogP contribution in [0.4, 0.5) is 18.9 Å². The van der Waals surface area contributed by atoms with Crippen LogP contribution in [0.1, 0.15) is 62.9 Å². The van der Waals surface area contributed by atoms with Crippen molar-refractivity contribution in [1.29, 1.82) is 0 Å². The number of ether oxygens (including phenoxy) is 2. The third-order valence-corrected chi connectivity index (χ3v) is 5.58. The van der Waals surface area contributed by atoms with Crippen molar-refractivity contribution in [3.05, 3.63) is 77.7 Å². The molecule has 0 saturated carbocycles. The minimum absolute atomic E-state index is 0.165. The van der Waals surface area contributed by atoms with Crippen molar-refractivity contribution >= 4 is 5.69 Å². The van der Waals surface area contributed by atoms with Gasteiger partial charge in [0, 0.05) is 31.9 Å². The molecule has 0 spiro atoms. The molecule has 8 heteroatoms. The first-order valence-electron chi connectivity index (χ1n) is 12.8. The number of methoxy groups -OCH3 is 1. The third kappa shape index (κ3) is 11.6. The van der Waals surface area contributed by atoms with E-state index in [1.54, 1.807) is 17.9 Å². The molecule has 0 atom stereocenters. The van der Waals surface area contributed by atoms with Crippen LogP contribution in [0.3, 0.4) is 0 Å². The maximum atomic E-state index is 13.1. The average Bonchev–Trinajstić information content (AvgIpc) is 3.22. The molecule has 1 aliphatic heterocycles. The number of hydrogen-bond acceptors (Lipinski definition) is 4. The lowest BCUT2D eigenvalue weighted by Gasteiger charge is -2.31. The highest BCUT2D eigenvalue weighted by Crippen LogP contribution is 2.40. The number of allylic oxidation sites excluding steroid dienone is 4. The summed E-state index contributed by atoms with van der Waals surface area (Å²) in [7, 11) is 3.43. The van der Waals surface area contributed by atoms with Crippen LogP contribution in [0.25, 0.3) is 0 Å². The summed E-state index contributed by atoms with van der Waals surface area (Å²) in [6.45, 7) is 23.0. The SMILES string of the molecule is C=C/C=C\C(=C)C.CC.COc1cc(N2CCOCC2)c(C(F)(F)F)cc1C.Cc1c(C(C)C)cnn1C. The topological polar surface area (TPSA) is 39.5 Å². The number of rotatable bonds is 5. The molecule has 0 amide bonds. The molecule has 2 heterocycles. The van der Waals surface area contributed by atoms with Gasteiger partial charge in [0.2, 0.25) is 0 Å². The molecular formula is C30H46F3N3O2. The molecule has 214 valence electrons. The van der Waals surface area contributed by atoms with E-state index in [0.717, 1.165) is 11.6 Å². The summed E-state index contributed by atoms with van der Waals surface area (Å²) in [5.41, 5.74) is 3.70. The number of aryl methyl sites for hydroxylation is 2. The average molecular weight is 538 g/mol. The highest BCUT2D eigenvalue weighted by Gasteiger charge is 2.36. The standard InChI is InChI=1S/C13H16F3NO2.C8H14N2.C7H10.C2H6/c1-9-7-10(13(14,15)16)11(8-12(9)18-2)17-3-5-19-6-4-17;1-6(2)8-5-9-10(4)7(8)3;1-4-5-6-7(2)3;1-2/h7-8H,3-6H2,1-2H3;5-6H,1-4H3;4-6H,1-2H2,3H3;1-2H3/b;;6-5-;. The zero-order valence-corrected chi connectivity index (χ0v) is 24.6. The molecule has 1 fully saturated rings. The maximum absolute atomic E-state index is 13.1. The number of morpholine rings is 1. The molecule has 1 aromatic carbocycles. The van der Waals surface area contributed by atoms with Crippen LogP contribution in [0.2, 0.25) is 0 Å². The summed E-state index contributed by atoms with van der Waals surface area (Å²) in [5, 5.41) is 4.15. The van der Waals surface area contributed by atoms with Gasteiger partial charge in [0.05, 0.1) is 37.8 Å². The molecule has 0 N–H and O–H groups in total. The second kappa shape index (κ2) is 17.5. The number of anilines is 1. The van der Waals surface area contributed by atoms with Crippen LogP contribution in [0, 0.1) is 13.8 Å². The van der Waals surface area contributed by atoms with Crippen LogP contribution in [-0.2, 0) is 18.0 Å². The Hall–Kier alpha value is -3.00. The van der Waals surface area contributed by atoms with E-state index in [-0.39, 0.29) is 5.69 Å². The van der Waals surface area contributed by atoms with E-state index in [0.29, 0.717) is 43.5 Å². The van der Waals surface area contributed by atoms with Gasteiger partial charge >= 0.3 is 6.18 Å². The fourth-order valence-electron chi connectivity index (χ4n) is 3.50. The van der Waals surface area contributed by atoms with Gasteiger partial charge in [0.25, 0.3) is 0 Å². The Morgan fingerprint density at radius 3 is 2.08 bits per heavy atom. The van der Waals surface area contributed by atoms with Crippen molar-refractivity contribution in [3.8, 4) is 5.75 Å². The molecule has 1 saturated heterocycles. The summed E-state index contributed by atoms with van der Waals surface area (Å²) in [4.78, 5) is 1.69. The second-order valence-corrected chi connectivity index (χ2v) is 8.84. The largest absolute Gasteiger partial charge is 0.496 e. The van der Waals surface area contributed by atoms with Crippen LogP contribution in [0.5, 0.6) is 5.75 Å². The molecule has 38 heavy (non-hydrogen) atoms. The molecule has 0 unspecified atom stereocenters. The van der Waals surface area contributed by atoms with Gasteiger partial charge < -0.3 is 14.4 Å². The van der Waals surface area contributed by atoms with Crippen LogP contribution in [0.15, 0.2) is 55.3 Å². The highest BCUT2D eigenvalue weighted by molar-refractivity contribution is 5.61. The van der Waals surface area contributed by atoms with Gasteiger partial charge in [-0.1, -0.05) is 64.7 Å². The summed E-state index contributed by atoms with van der Waals surface area (Å²) in [5.74, 6) is 1.06. The van der Waals surface area contributed by atoms with Crippen LogP contribution >= 0.6 is 0 Å². The van der Waals surface area contributed by atoms with Gasteiger partial charge in [0.1, 0.15) is 5.75 Å². The number of nitrogens with zero attached hydrogens (tertiary/aromatic N) is 3. The Labute approximate surface area is 227 Å². The molecule has 5 nitrogen and oxygen atoms in total. The van der Waals surface area contributed by atoms with Gasteiger partial charge in [-0.2, -0.15) is 18.3 Å². The summed E-state index contributed by atoms with van der Waals surface area (Å²) in [6, 6.07) is 2.60. The first-order valence-corrected chi connectivity index (χ1v) is 12.8. The third-order valence-electron chi connectivity index (χ3n) is 5.58. The van der Waals surface area contributed by atoms with E-state index < -0.39 is 11.7 Å². The van der Waals surface area contributed by atoms with Gasteiger partial charge in [-0.05, 0) is 43.9 Å². The lowest BCUT2D eigenvalue weighted by Crippen LogP contribution is -2.37. The summed E-state index contributed by atoms with van der Waals surface area (Å²) in [6.07, 6.45) is 3.08. The van der Waals surface area contributed by atoms with E-state index >= 15 is 0 Å². The Morgan fingerprint density at radius 1 is 1.16 bits per heavy atom. The Morgan fingerprint density at radius 2 is 1.74 bits per heavy atom. The van der Waals surface area contributed by atoms with Crippen molar-refractivity contribution in [2.24, 2.45) is 7.05 Å². The van der Waals surface area contributed by atoms with E-state index in [1.165, 1.54) is 24.4 Å². The highest BCUT2D eigenvalue weighted by atomic mass is 19.4. The predicted octanol–water partition coefficient (Wildman–Crippen LogP) is 8.04. The van der Waals surface area contributed by atoms with Crippen molar-refractivity contribution < 1.29 is 22.6 Å². The minimum Gasteiger partial charge on any atom is -0.496 e. The van der Waals surface area contributed by atoms with Gasteiger partial charge in [0.15, 0.2) is 0 Å². The first-order chi connectivity index (χ1) is 17.8. The molecule has 0 radical (unpaired) electrons. The number of hydrogen-bond donors (Lipinski definition) is 0. The van der Waals surface area contributed by atoms with Crippen molar-refractivity contribution in [3.63, 3.8) is 0 Å². The van der Waals surface area contributed by atoms with Crippen molar-refractivity contribution in [2.45, 2.75) is 60.6 Å². The minimum atomic E-state index is -4.37. The van der Waals surface area contributed by atoms with Crippen LogP contribution in [-0.4, -0.2) is 43.2 Å². The molecule has 0 aliphatic carbocycles. The maximum Gasteiger partial charge on any atom is 0.418 e. The van der Waals surface area contributed by atoms with Gasteiger partial charge in [-0.25, -0.2) is 0 Å². The lowest BCUT2D eigenvalue weighted by atomic mass is 10.1. The molecule has 3 rings (SSSR count). The predicted molar refractivity (Wildman–Crippen MR) is 153 cm³/mol. The van der Waals surface area contributed by atoms with E-state index in [1.807, 2.05) is 50.8 Å². The number of alkyl halides is 3. The fraction of sp³-hybridized carbons (Fsp3) is 0.500. The monoisotopic (exact) mass is 537 g/mol. The zero-order chi connectivity index (χ0) is 29.5. The van der Waals surface area contributed by atoms with Crippen molar-refractivity contribution in [1.82, 2.24) is 9.78 Å². The van der Waals surface area contributed by atoms with E-state index in [9.17, 15) is 13.2 Å². The number of aromatic nitrogens is 2. The number of halogens is 3. The van der Waals surface area contributed by atoms with Crippen LogP contribution < -0.4 is 9.64 Å². The summed E-state index contributed by atoms with van der Waals surface area (Å²) >= 11 is 0. The smallest absolute Gasteiger partial charge is 0.418 e. The fourth-order valence-corrected chi connectivity index (χ4v) is 3.50. The molecule has 1 aliphatic rings. The van der Waals surface area contributed by atoms with Gasteiger partial charge in [-0.15, -0.1) is 0 Å². The molecule has 1 aromatic heterocycles. The second-order valence-electron chi connectivity index (χ2n) is 8.84. The molecular weight excluding hydrogens is 491 g/mol. The quantitative estimate of drug-likeness (QED) is 0.362. The Bertz CT molecular complexity index is 1020. The Balaban J connectivity index is 0.000000604. The van der Waals surface area contributed by atoms with E-state index in [4.69, 9.17) is 9.47 Å². The van der Waals surface area contributed by atoms with E-state index in [2.05, 4.69) is 39.0 Å². The summed E-state index contributed by atoms with van der Waals surface area (Å²) < 4.78 is 51.6.